The van der Waals surface area contributed by atoms with Gasteiger partial charge in [-0.05, 0) is 32.4 Å². The van der Waals surface area contributed by atoms with Crippen LogP contribution in [0.15, 0.2) is 0 Å². The third-order valence-corrected chi connectivity index (χ3v) is 3.56. The summed E-state index contributed by atoms with van der Waals surface area (Å²) in [6.45, 7) is 7.54. The maximum Gasteiger partial charge on any atom is 0.132 e. The van der Waals surface area contributed by atoms with Crippen LogP contribution in [0.25, 0.3) is 0 Å². The van der Waals surface area contributed by atoms with Gasteiger partial charge in [-0.3, -0.25) is 0 Å². The lowest BCUT2D eigenvalue weighted by Gasteiger charge is -2.17. The summed E-state index contributed by atoms with van der Waals surface area (Å²) in [5.74, 6) is 1.62. The normalized spacial score (nSPS) is 14.3. The first-order chi connectivity index (χ1) is 8.24. The zero-order valence-corrected chi connectivity index (χ0v) is 10.9. The van der Waals surface area contributed by atoms with Crippen LogP contribution in [-0.4, -0.2) is 34.5 Å². The number of aryl methyl sites for hydroxylation is 1. The molecule has 2 N–H and O–H groups in total. The Labute approximate surface area is 103 Å². The summed E-state index contributed by atoms with van der Waals surface area (Å²) in [7, 11) is 0. The molecule has 1 aliphatic carbocycles. The molecule has 0 spiro atoms. The van der Waals surface area contributed by atoms with Crippen LogP contribution >= 0.6 is 0 Å². The Balaban J connectivity index is 2.05. The van der Waals surface area contributed by atoms with Gasteiger partial charge in [0, 0.05) is 24.2 Å². The van der Waals surface area contributed by atoms with E-state index in [9.17, 15) is 0 Å². The van der Waals surface area contributed by atoms with Crippen molar-refractivity contribution >= 4 is 5.82 Å². The van der Waals surface area contributed by atoms with Crippen molar-refractivity contribution in [3.63, 3.8) is 0 Å². The average Bonchev–Trinajstić information content (AvgIpc) is 2.79. The second-order valence-corrected chi connectivity index (χ2v) is 4.58. The number of rotatable bonds is 5. The van der Waals surface area contributed by atoms with E-state index in [1.165, 1.54) is 17.7 Å². The summed E-state index contributed by atoms with van der Waals surface area (Å²) in [5, 5.41) is 0. The van der Waals surface area contributed by atoms with Crippen molar-refractivity contribution < 1.29 is 0 Å². The number of nitrogens with zero attached hydrogens (tertiary/aromatic N) is 3. The monoisotopic (exact) mass is 234 g/mol. The Bertz CT molecular complexity index is 385. The highest BCUT2D eigenvalue weighted by Crippen LogP contribution is 2.24. The van der Waals surface area contributed by atoms with Gasteiger partial charge < -0.3 is 10.6 Å². The fourth-order valence-electron chi connectivity index (χ4n) is 2.42. The zero-order chi connectivity index (χ0) is 12.3. The van der Waals surface area contributed by atoms with Crippen molar-refractivity contribution in [1.29, 1.82) is 0 Å². The Morgan fingerprint density at radius 3 is 2.65 bits per heavy atom. The van der Waals surface area contributed by atoms with Crippen molar-refractivity contribution in [1.82, 2.24) is 14.9 Å². The molecule has 0 aromatic carbocycles. The molecule has 0 aliphatic heterocycles. The van der Waals surface area contributed by atoms with Gasteiger partial charge in [0.2, 0.25) is 0 Å². The predicted molar refractivity (Wildman–Crippen MR) is 70.0 cm³/mol. The van der Waals surface area contributed by atoms with E-state index in [-0.39, 0.29) is 0 Å². The fraction of sp³-hybridized carbons (Fsp3) is 0.692. The van der Waals surface area contributed by atoms with Gasteiger partial charge in [0.25, 0.3) is 0 Å². The second-order valence-electron chi connectivity index (χ2n) is 4.58. The molecule has 0 fully saturated rings. The molecule has 94 valence electrons. The van der Waals surface area contributed by atoms with Crippen molar-refractivity contribution in [2.45, 2.75) is 39.5 Å². The number of nitrogens with two attached hydrogens (primary N) is 1. The molecule has 1 aromatic heterocycles. The van der Waals surface area contributed by atoms with E-state index in [2.05, 4.69) is 28.7 Å². The highest BCUT2D eigenvalue weighted by Gasteiger charge is 2.17. The lowest BCUT2D eigenvalue weighted by molar-refractivity contribution is 0.305. The predicted octanol–water partition coefficient (Wildman–Crippen LogP) is 1.43. The van der Waals surface area contributed by atoms with Gasteiger partial charge in [0.1, 0.15) is 11.6 Å². The molecule has 17 heavy (non-hydrogen) atoms. The summed E-state index contributed by atoms with van der Waals surface area (Å²) in [6, 6.07) is 0. The van der Waals surface area contributed by atoms with E-state index in [0.29, 0.717) is 5.82 Å². The molecule has 0 saturated carbocycles. The number of nitrogen functional groups attached to an aromatic ring is 1. The fourth-order valence-corrected chi connectivity index (χ4v) is 2.42. The van der Waals surface area contributed by atoms with Gasteiger partial charge in [-0.2, -0.15) is 0 Å². The summed E-state index contributed by atoms with van der Waals surface area (Å²) in [4.78, 5) is 11.4. The molecular weight excluding hydrogens is 212 g/mol. The van der Waals surface area contributed by atoms with Gasteiger partial charge >= 0.3 is 0 Å². The van der Waals surface area contributed by atoms with Crippen LogP contribution < -0.4 is 5.73 Å². The van der Waals surface area contributed by atoms with Crippen molar-refractivity contribution in [3.8, 4) is 0 Å². The first-order valence-corrected chi connectivity index (χ1v) is 6.61. The van der Waals surface area contributed by atoms with Crippen LogP contribution in [0.1, 0.15) is 37.4 Å². The van der Waals surface area contributed by atoms with Gasteiger partial charge in [0.05, 0.1) is 0 Å². The highest BCUT2D eigenvalue weighted by molar-refractivity contribution is 5.44. The molecule has 4 heteroatoms. The molecule has 1 aliphatic rings. The number of aromatic nitrogens is 2. The largest absolute Gasteiger partial charge is 0.383 e. The number of hydrogen-bond acceptors (Lipinski definition) is 4. The maximum atomic E-state index is 5.98. The molecule has 0 amide bonds. The molecule has 2 rings (SSSR count). The lowest BCUT2D eigenvalue weighted by Crippen LogP contribution is -2.26. The minimum Gasteiger partial charge on any atom is -0.383 e. The van der Waals surface area contributed by atoms with Crippen LogP contribution in [0.2, 0.25) is 0 Å². The molecule has 1 aromatic rings. The van der Waals surface area contributed by atoms with Crippen molar-refractivity contribution in [2.75, 3.05) is 25.4 Å². The third kappa shape index (κ3) is 2.75. The molecule has 0 atom stereocenters. The first-order valence-electron chi connectivity index (χ1n) is 6.61. The van der Waals surface area contributed by atoms with Crippen molar-refractivity contribution in [3.05, 3.63) is 17.1 Å². The van der Waals surface area contributed by atoms with Gasteiger partial charge in [-0.25, -0.2) is 9.97 Å². The van der Waals surface area contributed by atoms with Gasteiger partial charge in [-0.15, -0.1) is 0 Å². The lowest BCUT2D eigenvalue weighted by atomic mass is 10.2. The topological polar surface area (TPSA) is 55.0 Å². The van der Waals surface area contributed by atoms with Crippen LogP contribution in [0.5, 0.6) is 0 Å². The third-order valence-electron chi connectivity index (χ3n) is 3.56. The van der Waals surface area contributed by atoms with E-state index < -0.39 is 0 Å². The van der Waals surface area contributed by atoms with E-state index in [0.717, 1.165) is 44.7 Å². The van der Waals surface area contributed by atoms with Crippen LogP contribution in [0.4, 0.5) is 5.82 Å². The van der Waals surface area contributed by atoms with Crippen LogP contribution in [-0.2, 0) is 19.3 Å². The summed E-state index contributed by atoms with van der Waals surface area (Å²) in [5.41, 5.74) is 8.36. The van der Waals surface area contributed by atoms with E-state index in [1.807, 2.05) is 0 Å². The number of anilines is 1. The maximum absolute atomic E-state index is 5.98. The van der Waals surface area contributed by atoms with E-state index in [1.54, 1.807) is 0 Å². The molecule has 0 unspecified atom stereocenters. The number of hydrogen-bond donors (Lipinski definition) is 1. The molecule has 4 nitrogen and oxygen atoms in total. The molecule has 1 heterocycles. The molecule has 0 bridgehead atoms. The number of likely N-dealkylation sites (N-methyl/N-ethyl adjacent to an activating group) is 1. The van der Waals surface area contributed by atoms with E-state index in [4.69, 9.17) is 5.73 Å². The van der Waals surface area contributed by atoms with E-state index >= 15 is 0 Å². The minimum atomic E-state index is 0.710. The molecule has 0 saturated heterocycles. The Hall–Kier alpha value is -1.16. The Morgan fingerprint density at radius 2 is 1.94 bits per heavy atom. The standard InChI is InChI=1S/C13H22N4/c1-3-17(4-2)9-8-12-15-11-7-5-6-10(11)13(14)16-12/h3-9H2,1-2H3,(H2,14,15,16). The Morgan fingerprint density at radius 1 is 1.18 bits per heavy atom. The van der Waals surface area contributed by atoms with Gasteiger partial charge in [-0.1, -0.05) is 13.8 Å². The first kappa shape index (κ1) is 12.3. The SMILES string of the molecule is CCN(CC)CCc1nc(N)c2c(n1)CCC2. The van der Waals surface area contributed by atoms with Gasteiger partial charge in [0.15, 0.2) is 0 Å². The highest BCUT2D eigenvalue weighted by atomic mass is 15.1. The summed E-state index contributed by atoms with van der Waals surface area (Å²) >= 11 is 0. The zero-order valence-electron chi connectivity index (χ0n) is 10.9. The smallest absolute Gasteiger partial charge is 0.132 e. The molecule has 0 radical (unpaired) electrons. The van der Waals surface area contributed by atoms with Crippen molar-refractivity contribution in [2.24, 2.45) is 0 Å². The summed E-state index contributed by atoms with van der Waals surface area (Å²) in [6.07, 6.45) is 4.20. The summed E-state index contributed by atoms with van der Waals surface area (Å²) < 4.78 is 0. The second kappa shape index (κ2) is 5.45. The number of fused-ring (bicyclic) bond motifs is 1. The van der Waals surface area contributed by atoms with Crippen LogP contribution in [0, 0.1) is 0 Å². The quantitative estimate of drug-likeness (QED) is 0.837. The molecular formula is C13H22N4. The minimum absolute atomic E-state index is 0.710. The van der Waals surface area contributed by atoms with Crippen LogP contribution in [0.3, 0.4) is 0 Å². The Kier molecular flexibility index (Phi) is 3.94. The average molecular weight is 234 g/mol.